The molecule has 0 radical (unpaired) electrons. The number of carboxylic acids is 1. The first-order chi connectivity index (χ1) is 8.57. The molecule has 1 aliphatic rings. The molecule has 1 heterocycles. The normalized spacial score (nSPS) is 15.7. The van der Waals surface area contributed by atoms with E-state index in [2.05, 4.69) is 0 Å². The van der Waals surface area contributed by atoms with E-state index < -0.39 is 23.8 Å². The van der Waals surface area contributed by atoms with Crippen molar-refractivity contribution in [1.29, 1.82) is 0 Å². The van der Waals surface area contributed by atoms with Crippen molar-refractivity contribution in [3.05, 3.63) is 35.4 Å². The Morgan fingerprint density at radius 2 is 1.72 bits per heavy atom. The van der Waals surface area contributed by atoms with Crippen molar-refractivity contribution in [3.63, 3.8) is 0 Å². The van der Waals surface area contributed by atoms with E-state index in [9.17, 15) is 14.4 Å². The predicted octanol–water partition coefficient (Wildman–Crippen LogP) is 1.54. The van der Waals surface area contributed by atoms with Gasteiger partial charge in [-0.2, -0.15) is 0 Å². The Labute approximate surface area is 104 Å². The van der Waals surface area contributed by atoms with Crippen molar-refractivity contribution in [2.75, 3.05) is 0 Å². The number of rotatable bonds is 4. The maximum Gasteiger partial charge on any atom is 0.326 e. The summed E-state index contributed by atoms with van der Waals surface area (Å²) in [5, 5.41) is 9.13. The van der Waals surface area contributed by atoms with Gasteiger partial charge in [0.2, 0.25) is 0 Å². The Balaban J connectivity index is 2.41. The lowest BCUT2D eigenvalue weighted by Gasteiger charge is -2.21. The van der Waals surface area contributed by atoms with E-state index in [-0.39, 0.29) is 17.5 Å². The summed E-state index contributed by atoms with van der Waals surface area (Å²) in [7, 11) is 0. The molecule has 1 aliphatic heterocycles. The number of carbonyl (C=O) groups is 3. The molecule has 2 rings (SSSR count). The summed E-state index contributed by atoms with van der Waals surface area (Å²) in [6, 6.07) is 5.31. The maximum atomic E-state index is 12.1. The van der Waals surface area contributed by atoms with E-state index in [1.165, 1.54) is 0 Å². The van der Waals surface area contributed by atoms with Crippen molar-refractivity contribution in [2.24, 2.45) is 0 Å². The molecule has 0 saturated heterocycles. The molecule has 1 aromatic rings. The van der Waals surface area contributed by atoms with E-state index in [4.69, 9.17) is 5.11 Å². The Morgan fingerprint density at radius 1 is 1.22 bits per heavy atom. The van der Waals surface area contributed by atoms with E-state index in [0.717, 1.165) is 4.90 Å². The van der Waals surface area contributed by atoms with E-state index in [1.807, 2.05) is 6.92 Å². The fourth-order valence-electron chi connectivity index (χ4n) is 2.13. The summed E-state index contributed by atoms with van der Waals surface area (Å²) < 4.78 is 0. The summed E-state index contributed by atoms with van der Waals surface area (Å²) in [4.78, 5) is 36.2. The first kappa shape index (κ1) is 12.3. The Morgan fingerprint density at radius 3 is 2.11 bits per heavy atom. The molecule has 94 valence electrons. The summed E-state index contributed by atoms with van der Waals surface area (Å²) in [5.41, 5.74) is 0.565. The number of carbonyl (C=O) groups excluding carboxylic acids is 2. The Bertz CT molecular complexity index is 488. The molecule has 0 fully saturated rings. The van der Waals surface area contributed by atoms with Gasteiger partial charge in [0.05, 0.1) is 11.1 Å². The molecule has 0 saturated carbocycles. The molecular weight excluding hydrogens is 234 g/mol. The summed E-state index contributed by atoms with van der Waals surface area (Å²) in [6.45, 7) is 1.81. The summed E-state index contributed by atoms with van der Waals surface area (Å²) in [6.07, 6.45) is 0.852. The highest BCUT2D eigenvalue weighted by Crippen LogP contribution is 2.25. The third-order valence-corrected chi connectivity index (χ3v) is 2.98. The molecule has 1 N–H and O–H groups in total. The second-order valence-corrected chi connectivity index (χ2v) is 4.17. The molecule has 1 aromatic carbocycles. The van der Waals surface area contributed by atoms with Crippen LogP contribution in [0.5, 0.6) is 0 Å². The van der Waals surface area contributed by atoms with Gasteiger partial charge in [-0.15, -0.1) is 0 Å². The summed E-state index contributed by atoms with van der Waals surface area (Å²) in [5.74, 6) is -2.18. The molecule has 0 bridgehead atoms. The molecule has 1 unspecified atom stereocenters. The molecule has 5 heteroatoms. The van der Waals surface area contributed by atoms with E-state index in [1.54, 1.807) is 24.3 Å². The number of hydrogen-bond acceptors (Lipinski definition) is 3. The number of amides is 2. The average molecular weight is 247 g/mol. The zero-order valence-corrected chi connectivity index (χ0v) is 9.92. The largest absolute Gasteiger partial charge is 0.480 e. The first-order valence-corrected chi connectivity index (χ1v) is 5.77. The highest BCUT2D eigenvalue weighted by molar-refractivity contribution is 6.22. The van der Waals surface area contributed by atoms with Gasteiger partial charge in [0.25, 0.3) is 11.8 Å². The van der Waals surface area contributed by atoms with E-state index in [0.29, 0.717) is 6.42 Å². The number of carboxylic acid groups (broad SMARTS) is 1. The van der Waals surface area contributed by atoms with Crippen LogP contribution in [0.4, 0.5) is 0 Å². The predicted molar refractivity (Wildman–Crippen MR) is 63.3 cm³/mol. The fourth-order valence-corrected chi connectivity index (χ4v) is 2.13. The number of fused-ring (bicyclic) bond motifs is 1. The second-order valence-electron chi connectivity index (χ2n) is 4.17. The molecule has 5 nitrogen and oxygen atoms in total. The van der Waals surface area contributed by atoms with Crippen molar-refractivity contribution >= 4 is 17.8 Å². The molecule has 0 aromatic heterocycles. The summed E-state index contributed by atoms with van der Waals surface area (Å²) >= 11 is 0. The van der Waals surface area contributed by atoms with Crippen LogP contribution in [0, 0.1) is 0 Å². The minimum atomic E-state index is -1.15. The molecule has 2 amide bonds. The first-order valence-electron chi connectivity index (χ1n) is 5.77. The van der Waals surface area contributed by atoms with Crippen LogP contribution in [0.3, 0.4) is 0 Å². The highest BCUT2D eigenvalue weighted by atomic mass is 16.4. The van der Waals surface area contributed by atoms with Crippen molar-refractivity contribution in [2.45, 2.75) is 25.8 Å². The van der Waals surface area contributed by atoms with Crippen LogP contribution in [-0.2, 0) is 4.79 Å². The van der Waals surface area contributed by atoms with Gasteiger partial charge in [0.15, 0.2) is 0 Å². The van der Waals surface area contributed by atoms with Gasteiger partial charge in [0.1, 0.15) is 6.04 Å². The van der Waals surface area contributed by atoms with Crippen molar-refractivity contribution in [3.8, 4) is 0 Å². The van der Waals surface area contributed by atoms with Gasteiger partial charge < -0.3 is 5.11 Å². The van der Waals surface area contributed by atoms with Gasteiger partial charge in [-0.1, -0.05) is 25.5 Å². The van der Waals surface area contributed by atoms with Gasteiger partial charge in [-0.25, -0.2) is 4.79 Å². The van der Waals surface area contributed by atoms with Crippen LogP contribution < -0.4 is 0 Å². The van der Waals surface area contributed by atoms with Crippen LogP contribution in [0.1, 0.15) is 40.5 Å². The second kappa shape index (κ2) is 4.60. The van der Waals surface area contributed by atoms with E-state index >= 15 is 0 Å². The smallest absolute Gasteiger partial charge is 0.326 e. The van der Waals surface area contributed by atoms with Crippen molar-refractivity contribution in [1.82, 2.24) is 4.90 Å². The Hall–Kier alpha value is -2.17. The molecule has 0 aliphatic carbocycles. The number of benzene rings is 1. The highest BCUT2D eigenvalue weighted by Gasteiger charge is 2.42. The number of imide groups is 1. The maximum absolute atomic E-state index is 12.1. The van der Waals surface area contributed by atoms with Gasteiger partial charge in [-0.3, -0.25) is 14.5 Å². The van der Waals surface area contributed by atoms with Crippen LogP contribution in [0.2, 0.25) is 0 Å². The van der Waals surface area contributed by atoms with Gasteiger partial charge in [0, 0.05) is 0 Å². The van der Waals surface area contributed by atoms with Gasteiger partial charge >= 0.3 is 5.97 Å². The zero-order chi connectivity index (χ0) is 13.3. The van der Waals surface area contributed by atoms with Crippen LogP contribution >= 0.6 is 0 Å². The minimum absolute atomic E-state index is 0.265. The SMILES string of the molecule is CCCC(C(=O)O)N1C(=O)c2ccccc2C1=O. The third kappa shape index (κ3) is 1.77. The zero-order valence-electron chi connectivity index (χ0n) is 9.92. The number of hydrogen-bond donors (Lipinski definition) is 1. The third-order valence-electron chi connectivity index (χ3n) is 2.98. The lowest BCUT2D eigenvalue weighted by molar-refractivity contribution is -0.141. The number of aliphatic carboxylic acids is 1. The van der Waals surface area contributed by atoms with Crippen LogP contribution in [-0.4, -0.2) is 33.8 Å². The quantitative estimate of drug-likeness (QED) is 0.819. The standard InChI is InChI=1S/C13H13NO4/c1-2-5-10(13(17)18)14-11(15)8-6-3-4-7-9(8)12(14)16/h3-4,6-7,10H,2,5H2,1H3,(H,17,18). The Kier molecular flexibility index (Phi) is 3.14. The molecule has 18 heavy (non-hydrogen) atoms. The topological polar surface area (TPSA) is 74.7 Å². The monoisotopic (exact) mass is 247 g/mol. The minimum Gasteiger partial charge on any atom is -0.480 e. The van der Waals surface area contributed by atoms with Gasteiger partial charge in [-0.05, 0) is 18.6 Å². The average Bonchev–Trinajstić information content (AvgIpc) is 2.60. The molecule has 0 spiro atoms. The molecular formula is C13H13NO4. The molecule has 1 atom stereocenters. The van der Waals surface area contributed by atoms with Crippen molar-refractivity contribution < 1.29 is 19.5 Å². The fraction of sp³-hybridized carbons (Fsp3) is 0.308. The number of nitrogens with zero attached hydrogens (tertiary/aromatic N) is 1. The van der Waals surface area contributed by atoms with Crippen LogP contribution in [0.25, 0.3) is 0 Å². The lowest BCUT2D eigenvalue weighted by Crippen LogP contribution is -2.44. The lowest BCUT2D eigenvalue weighted by atomic mass is 10.1. The van der Waals surface area contributed by atoms with Crippen LogP contribution in [0.15, 0.2) is 24.3 Å².